The number of benzene rings is 2. The van der Waals surface area contributed by atoms with Crippen molar-refractivity contribution >= 4 is 5.91 Å². The number of hydrogen-bond donors (Lipinski definition) is 0. The van der Waals surface area contributed by atoms with Gasteiger partial charge in [0.25, 0.3) is 0 Å². The standard InChI is InChI=1S/C18H15NO2/c1-3-12-19(2)18(20)17-13-8-4-6-10-15(13)21-16-11-7-5-9-14(16)17/h1,4-11,17H,12H2,2H3. The maximum atomic E-state index is 12.8. The van der Waals surface area contributed by atoms with E-state index in [0.717, 1.165) is 22.6 Å². The van der Waals surface area contributed by atoms with Crippen LogP contribution in [0.1, 0.15) is 17.0 Å². The van der Waals surface area contributed by atoms with Crippen molar-refractivity contribution in [3.05, 3.63) is 59.7 Å². The van der Waals surface area contributed by atoms with E-state index in [1.165, 1.54) is 0 Å². The van der Waals surface area contributed by atoms with E-state index in [1.54, 1.807) is 11.9 Å². The molecule has 1 aliphatic rings. The lowest BCUT2D eigenvalue weighted by atomic mass is 9.87. The molecule has 2 aromatic carbocycles. The number of para-hydroxylation sites is 2. The van der Waals surface area contributed by atoms with Gasteiger partial charge < -0.3 is 9.64 Å². The van der Waals surface area contributed by atoms with Gasteiger partial charge in [-0.05, 0) is 12.1 Å². The van der Waals surface area contributed by atoms with E-state index in [4.69, 9.17) is 11.2 Å². The zero-order valence-corrected chi connectivity index (χ0v) is 11.7. The SMILES string of the molecule is C#CCN(C)C(=O)C1c2ccccc2Oc2ccccc21. The van der Waals surface area contributed by atoms with Crippen LogP contribution in [0.3, 0.4) is 0 Å². The first-order valence-corrected chi connectivity index (χ1v) is 6.76. The zero-order valence-electron chi connectivity index (χ0n) is 11.7. The average molecular weight is 277 g/mol. The Labute approximate surface area is 124 Å². The van der Waals surface area contributed by atoms with Crippen molar-refractivity contribution in [2.75, 3.05) is 13.6 Å². The molecule has 0 unspecified atom stereocenters. The normalized spacial score (nSPS) is 12.6. The molecular formula is C18H15NO2. The van der Waals surface area contributed by atoms with Crippen molar-refractivity contribution in [1.29, 1.82) is 0 Å². The molecule has 3 heteroatoms. The summed E-state index contributed by atoms with van der Waals surface area (Å²) in [6.45, 7) is 0.292. The van der Waals surface area contributed by atoms with Crippen molar-refractivity contribution in [2.45, 2.75) is 5.92 Å². The quantitative estimate of drug-likeness (QED) is 0.790. The summed E-state index contributed by atoms with van der Waals surface area (Å²) < 4.78 is 5.89. The van der Waals surface area contributed by atoms with E-state index >= 15 is 0 Å². The van der Waals surface area contributed by atoms with Gasteiger partial charge in [0, 0.05) is 18.2 Å². The Morgan fingerprint density at radius 3 is 2.19 bits per heavy atom. The smallest absolute Gasteiger partial charge is 0.235 e. The summed E-state index contributed by atoms with van der Waals surface area (Å²) in [5.41, 5.74) is 1.76. The lowest BCUT2D eigenvalue weighted by Gasteiger charge is -2.29. The molecule has 104 valence electrons. The van der Waals surface area contributed by atoms with Crippen molar-refractivity contribution in [3.8, 4) is 23.8 Å². The lowest BCUT2D eigenvalue weighted by Crippen LogP contribution is -2.33. The molecule has 2 aromatic rings. The first-order valence-electron chi connectivity index (χ1n) is 6.76. The average Bonchev–Trinajstić information content (AvgIpc) is 2.52. The van der Waals surface area contributed by atoms with Gasteiger partial charge in [0.05, 0.1) is 12.5 Å². The van der Waals surface area contributed by atoms with E-state index in [0.29, 0.717) is 6.54 Å². The fraction of sp³-hybridized carbons (Fsp3) is 0.167. The Hall–Kier alpha value is -2.73. The van der Waals surface area contributed by atoms with Gasteiger partial charge in [-0.25, -0.2) is 0 Å². The monoisotopic (exact) mass is 277 g/mol. The number of ether oxygens (including phenoxy) is 1. The van der Waals surface area contributed by atoms with E-state index in [9.17, 15) is 4.79 Å². The number of nitrogens with zero attached hydrogens (tertiary/aromatic N) is 1. The second-order valence-corrected chi connectivity index (χ2v) is 5.01. The number of likely N-dealkylation sites (N-methyl/N-ethyl adjacent to an activating group) is 1. The van der Waals surface area contributed by atoms with Crippen LogP contribution in [0.15, 0.2) is 48.5 Å². The van der Waals surface area contributed by atoms with Crippen LogP contribution in [0, 0.1) is 12.3 Å². The molecule has 3 rings (SSSR count). The molecule has 0 saturated heterocycles. The molecule has 0 saturated carbocycles. The molecular weight excluding hydrogens is 262 g/mol. The first-order chi connectivity index (χ1) is 10.2. The second-order valence-electron chi connectivity index (χ2n) is 5.01. The molecule has 3 nitrogen and oxygen atoms in total. The van der Waals surface area contributed by atoms with Crippen molar-refractivity contribution in [1.82, 2.24) is 4.90 Å². The van der Waals surface area contributed by atoms with Gasteiger partial charge in [-0.1, -0.05) is 42.3 Å². The second kappa shape index (κ2) is 5.34. The Kier molecular flexibility index (Phi) is 3.37. The van der Waals surface area contributed by atoms with Crippen molar-refractivity contribution in [2.24, 2.45) is 0 Å². The summed E-state index contributed by atoms with van der Waals surface area (Å²) in [6.07, 6.45) is 5.32. The number of rotatable bonds is 2. The summed E-state index contributed by atoms with van der Waals surface area (Å²) in [5.74, 6) is 3.57. The van der Waals surface area contributed by atoms with E-state index in [2.05, 4.69) is 5.92 Å². The third-order valence-electron chi connectivity index (χ3n) is 3.63. The molecule has 0 bridgehead atoms. The van der Waals surface area contributed by atoms with Gasteiger partial charge in [-0.15, -0.1) is 6.42 Å². The molecule has 0 aromatic heterocycles. The fourth-order valence-corrected chi connectivity index (χ4v) is 2.61. The summed E-state index contributed by atoms with van der Waals surface area (Å²) in [6, 6.07) is 15.3. The van der Waals surface area contributed by atoms with Gasteiger partial charge in [0.2, 0.25) is 5.91 Å². The summed E-state index contributed by atoms with van der Waals surface area (Å²) in [5, 5.41) is 0. The van der Waals surface area contributed by atoms with Crippen molar-refractivity contribution in [3.63, 3.8) is 0 Å². The van der Waals surface area contributed by atoms with Crippen LogP contribution in [-0.2, 0) is 4.79 Å². The van der Waals surface area contributed by atoms with Gasteiger partial charge in [-0.3, -0.25) is 4.79 Å². The van der Waals surface area contributed by atoms with Crippen LogP contribution in [0.2, 0.25) is 0 Å². The van der Waals surface area contributed by atoms with Gasteiger partial charge in [-0.2, -0.15) is 0 Å². The minimum absolute atomic E-state index is 0.0175. The maximum absolute atomic E-state index is 12.8. The van der Waals surface area contributed by atoms with E-state index < -0.39 is 0 Å². The molecule has 1 aliphatic heterocycles. The molecule has 0 atom stereocenters. The Morgan fingerprint density at radius 2 is 1.67 bits per heavy atom. The topological polar surface area (TPSA) is 29.5 Å². The fourth-order valence-electron chi connectivity index (χ4n) is 2.61. The third kappa shape index (κ3) is 2.25. The van der Waals surface area contributed by atoms with Crippen molar-refractivity contribution < 1.29 is 9.53 Å². The summed E-state index contributed by atoms with van der Waals surface area (Å²) in [7, 11) is 1.73. The number of terminal acetylenes is 1. The van der Waals surface area contributed by atoms with Gasteiger partial charge in [0.15, 0.2) is 0 Å². The van der Waals surface area contributed by atoms with Crippen LogP contribution in [0.4, 0.5) is 0 Å². The Bertz CT molecular complexity index is 684. The predicted molar refractivity (Wildman–Crippen MR) is 81.3 cm³/mol. The zero-order chi connectivity index (χ0) is 14.8. The third-order valence-corrected chi connectivity index (χ3v) is 3.63. The number of amides is 1. The number of carbonyl (C=O) groups is 1. The highest BCUT2D eigenvalue weighted by Crippen LogP contribution is 2.44. The van der Waals surface area contributed by atoms with Gasteiger partial charge in [0.1, 0.15) is 11.5 Å². The van der Waals surface area contributed by atoms with E-state index in [-0.39, 0.29) is 11.8 Å². The molecule has 1 heterocycles. The molecule has 0 spiro atoms. The van der Waals surface area contributed by atoms with Crippen LogP contribution >= 0.6 is 0 Å². The number of fused-ring (bicyclic) bond motifs is 2. The van der Waals surface area contributed by atoms with Crippen LogP contribution in [0.25, 0.3) is 0 Å². The molecule has 21 heavy (non-hydrogen) atoms. The molecule has 0 fully saturated rings. The highest BCUT2D eigenvalue weighted by atomic mass is 16.5. The molecule has 1 amide bonds. The van der Waals surface area contributed by atoms with Crippen LogP contribution in [-0.4, -0.2) is 24.4 Å². The van der Waals surface area contributed by atoms with Crippen LogP contribution in [0.5, 0.6) is 11.5 Å². The Morgan fingerprint density at radius 1 is 1.14 bits per heavy atom. The molecule has 0 N–H and O–H groups in total. The number of hydrogen-bond acceptors (Lipinski definition) is 2. The Balaban J connectivity index is 2.11. The first kappa shape index (κ1) is 13.3. The highest BCUT2D eigenvalue weighted by molar-refractivity contribution is 5.89. The summed E-state index contributed by atoms with van der Waals surface area (Å²) >= 11 is 0. The number of carbonyl (C=O) groups excluding carboxylic acids is 1. The molecule has 0 aliphatic carbocycles. The molecule has 0 radical (unpaired) electrons. The largest absolute Gasteiger partial charge is 0.457 e. The minimum atomic E-state index is -0.371. The minimum Gasteiger partial charge on any atom is -0.457 e. The maximum Gasteiger partial charge on any atom is 0.235 e. The van der Waals surface area contributed by atoms with Gasteiger partial charge >= 0.3 is 0 Å². The van der Waals surface area contributed by atoms with Crippen LogP contribution < -0.4 is 4.74 Å². The summed E-state index contributed by atoms with van der Waals surface area (Å²) in [4.78, 5) is 14.4. The predicted octanol–water partition coefficient (Wildman–Crippen LogP) is 3.02. The lowest BCUT2D eigenvalue weighted by molar-refractivity contribution is -0.130. The van der Waals surface area contributed by atoms with E-state index in [1.807, 2.05) is 48.5 Å². The highest BCUT2D eigenvalue weighted by Gasteiger charge is 2.33.